The smallest absolute Gasteiger partial charge is 0.303 e. The van der Waals surface area contributed by atoms with Crippen LogP contribution in [0.3, 0.4) is 0 Å². The number of rotatable bonds is 3. The molecule has 1 heterocycles. The summed E-state index contributed by atoms with van der Waals surface area (Å²) in [6.07, 6.45) is 0.203. The van der Waals surface area contributed by atoms with Gasteiger partial charge in [-0.3, -0.25) is 4.79 Å². The molecule has 1 N–H and O–H groups in total. The Bertz CT molecular complexity index is 490. The summed E-state index contributed by atoms with van der Waals surface area (Å²) < 4.78 is 0.875. The lowest BCUT2D eigenvalue weighted by atomic mass is 9.95. The van der Waals surface area contributed by atoms with E-state index in [1.807, 2.05) is 17.0 Å². The summed E-state index contributed by atoms with van der Waals surface area (Å²) in [5, 5.41) is 17.7. The van der Waals surface area contributed by atoms with E-state index in [4.69, 9.17) is 10.4 Å². The first-order valence-corrected chi connectivity index (χ1v) is 6.06. The average molecular weight is 295 g/mol. The van der Waals surface area contributed by atoms with E-state index in [0.717, 1.165) is 10.2 Å². The summed E-state index contributed by atoms with van der Waals surface area (Å²) in [7, 11) is 0. The highest BCUT2D eigenvalue weighted by atomic mass is 79.9. The summed E-state index contributed by atoms with van der Waals surface area (Å²) in [4.78, 5) is 12.6. The SMILES string of the molecule is N#Cc1cc(Br)ccc1N1CC(CC(=O)O)C1. The van der Waals surface area contributed by atoms with Gasteiger partial charge in [-0.15, -0.1) is 0 Å². The second-order valence-corrected chi connectivity index (χ2v) is 5.06. The molecule has 0 aromatic heterocycles. The number of carboxylic acid groups (broad SMARTS) is 1. The Kier molecular flexibility index (Phi) is 3.34. The van der Waals surface area contributed by atoms with Gasteiger partial charge >= 0.3 is 5.97 Å². The molecule has 1 aliphatic rings. The van der Waals surface area contributed by atoms with Crippen molar-refractivity contribution in [1.82, 2.24) is 0 Å². The van der Waals surface area contributed by atoms with Crippen molar-refractivity contribution in [1.29, 1.82) is 5.26 Å². The molecule has 0 aliphatic carbocycles. The van der Waals surface area contributed by atoms with Gasteiger partial charge in [0.15, 0.2) is 0 Å². The molecule has 88 valence electrons. The molecule has 17 heavy (non-hydrogen) atoms. The Balaban J connectivity index is 2.06. The molecule has 0 spiro atoms. The quantitative estimate of drug-likeness (QED) is 0.928. The van der Waals surface area contributed by atoms with E-state index in [1.165, 1.54) is 0 Å². The molecule has 0 unspecified atom stereocenters. The Morgan fingerprint density at radius 3 is 2.88 bits per heavy atom. The number of nitriles is 1. The largest absolute Gasteiger partial charge is 0.481 e. The second kappa shape index (κ2) is 4.76. The second-order valence-electron chi connectivity index (χ2n) is 4.14. The lowest BCUT2D eigenvalue weighted by molar-refractivity contribution is -0.138. The minimum Gasteiger partial charge on any atom is -0.481 e. The highest BCUT2D eigenvalue weighted by Gasteiger charge is 2.29. The van der Waals surface area contributed by atoms with Crippen LogP contribution in [-0.2, 0) is 4.79 Å². The number of carbonyl (C=O) groups is 1. The van der Waals surface area contributed by atoms with Gasteiger partial charge in [0.2, 0.25) is 0 Å². The van der Waals surface area contributed by atoms with E-state index in [9.17, 15) is 4.79 Å². The molecule has 2 rings (SSSR count). The Hall–Kier alpha value is -1.54. The Morgan fingerprint density at radius 2 is 2.29 bits per heavy atom. The van der Waals surface area contributed by atoms with Gasteiger partial charge in [-0.2, -0.15) is 5.26 Å². The van der Waals surface area contributed by atoms with Crippen molar-refractivity contribution in [2.24, 2.45) is 5.92 Å². The third-order valence-corrected chi connectivity index (χ3v) is 3.33. The first-order chi connectivity index (χ1) is 8.10. The van der Waals surface area contributed by atoms with Crippen LogP contribution in [0.2, 0.25) is 0 Å². The molecule has 5 heteroatoms. The summed E-state index contributed by atoms with van der Waals surface area (Å²) in [5.74, 6) is -0.561. The molecule has 0 saturated carbocycles. The molecule has 1 aliphatic heterocycles. The summed E-state index contributed by atoms with van der Waals surface area (Å²) in [6.45, 7) is 1.42. The standard InChI is InChI=1S/C12H11BrN2O2/c13-10-1-2-11(9(4-10)5-14)15-6-8(7-15)3-12(16)17/h1-2,4,8H,3,6-7H2,(H,16,17). The van der Waals surface area contributed by atoms with Crippen LogP contribution in [-0.4, -0.2) is 24.2 Å². The van der Waals surface area contributed by atoms with E-state index >= 15 is 0 Å². The predicted octanol–water partition coefficient (Wildman–Crippen LogP) is 2.23. The normalized spacial score (nSPS) is 15.2. The Labute approximate surface area is 108 Å². The lowest BCUT2D eigenvalue weighted by Crippen LogP contribution is -2.47. The van der Waals surface area contributed by atoms with Crippen molar-refractivity contribution in [2.75, 3.05) is 18.0 Å². The molecule has 0 amide bonds. The van der Waals surface area contributed by atoms with Crippen LogP contribution in [0.25, 0.3) is 0 Å². The van der Waals surface area contributed by atoms with Gasteiger partial charge in [0.25, 0.3) is 0 Å². The van der Waals surface area contributed by atoms with Crippen LogP contribution in [0, 0.1) is 17.2 Å². The molecule has 4 nitrogen and oxygen atoms in total. The van der Waals surface area contributed by atoms with E-state index in [0.29, 0.717) is 18.7 Å². The number of aliphatic carboxylic acids is 1. The third-order valence-electron chi connectivity index (χ3n) is 2.84. The Morgan fingerprint density at radius 1 is 1.59 bits per heavy atom. The molecule has 1 aromatic rings. The zero-order valence-electron chi connectivity index (χ0n) is 9.06. The molecule has 1 aromatic carbocycles. The van der Waals surface area contributed by atoms with Gasteiger partial charge in [-0.05, 0) is 18.2 Å². The number of benzene rings is 1. The fraction of sp³-hybridized carbons (Fsp3) is 0.333. The fourth-order valence-electron chi connectivity index (χ4n) is 2.02. The molecule has 0 atom stereocenters. The zero-order valence-corrected chi connectivity index (χ0v) is 10.6. The van der Waals surface area contributed by atoms with Crippen LogP contribution >= 0.6 is 15.9 Å². The van der Waals surface area contributed by atoms with Gasteiger partial charge in [0.05, 0.1) is 17.7 Å². The topological polar surface area (TPSA) is 64.3 Å². The minimum atomic E-state index is -0.758. The van der Waals surface area contributed by atoms with Crippen molar-refractivity contribution in [3.8, 4) is 6.07 Å². The molecular formula is C12H11BrN2O2. The van der Waals surface area contributed by atoms with Crippen molar-refractivity contribution in [2.45, 2.75) is 6.42 Å². The summed E-state index contributed by atoms with van der Waals surface area (Å²) in [5.41, 5.74) is 1.51. The van der Waals surface area contributed by atoms with Gasteiger partial charge in [0.1, 0.15) is 6.07 Å². The maximum atomic E-state index is 10.5. The number of hydrogen-bond donors (Lipinski definition) is 1. The van der Waals surface area contributed by atoms with E-state index in [1.54, 1.807) is 6.07 Å². The predicted molar refractivity (Wildman–Crippen MR) is 66.8 cm³/mol. The number of hydrogen-bond acceptors (Lipinski definition) is 3. The van der Waals surface area contributed by atoms with E-state index in [-0.39, 0.29) is 12.3 Å². The van der Waals surface area contributed by atoms with Crippen molar-refractivity contribution >= 4 is 27.6 Å². The van der Waals surface area contributed by atoms with Crippen LogP contribution in [0.1, 0.15) is 12.0 Å². The molecule has 1 fully saturated rings. The van der Waals surface area contributed by atoms with Gasteiger partial charge < -0.3 is 10.0 Å². The first kappa shape index (κ1) is 11.9. The van der Waals surface area contributed by atoms with Gasteiger partial charge in [0, 0.05) is 23.5 Å². The fourth-order valence-corrected chi connectivity index (χ4v) is 2.38. The first-order valence-electron chi connectivity index (χ1n) is 5.26. The van der Waals surface area contributed by atoms with E-state index < -0.39 is 5.97 Å². The zero-order chi connectivity index (χ0) is 12.4. The van der Waals surface area contributed by atoms with Crippen LogP contribution in [0.4, 0.5) is 5.69 Å². The highest BCUT2D eigenvalue weighted by Crippen LogP contribution is 2.30. The summed E-state index contributed by atoms with van der Waals surface area (Å²) >= 11 is 3.32. The van der Waals surface area contributed by atoms with E-state index in [2.05, 4.69) is 22.0 Å². The summed E-state index contributed by atoms with van der Waals surface area (Å²) in [6, 6.07) is 7.71. The lowest BCUT2D eigenvalue weighted by Gasteiger charge is -2.40. The van der Waals surface area contributed by atoms with Crippen LogP contribution < -0.4 is 4.90 Å². The van der Waals surface area contributed by atoms with Gasteiger partial charge in [-0.25, -0.2) is 0 Å². The maximum Gasteiger partial charge on any atom is 0.303 e. The van der Waals surface area contributed by atoms with Crippen LogP contribution in [0.15, 0.2) is 22.7 Å². The average Bonchev–Trinajstić information content (AvgIpc) is 2.23. The highest BCUT2D eigenvalue weighted by molar-refractivity contribution is 9.10. The van der Waals surface area contributed by atoms with Gasteiger partial charge in [-0.1, -0.05) is 15.9 Å². The van der Waals surface area contributed by atoms with Crippen molar-refractivity contribution in [3.05, 3.63) is 28.2 Å². The molecule has 1 saturated heterocycles. The van der Waals surface area contributed by atoms with Crippen molar-refractivity contribution < 1.29 is 9.90 Å². The number of carboxylic acids is 1. The van der Waals surface area contributed by atoms with Crippen molar-refractivity contribution in [3.63, 3.8) is 0 Å². The monoisotopic (exact) mass is 294 g/mol. The minimum absolute atomic E-state index is 0.197. The number of anilines is 1. The number of halogens is 1. The third kappa shape index (κ3) is 2.59. The number of nitrogens with zero attached hydrogens (tertiary/aromatic N) is 2. The molecule has 0 radical (unpaired) electrons. The van der Waals surface area contributed by atoms with Crippen LogP contribution in [0.5, 0.6) is 0 Å². The molecular weight excluding hydrogens is 284 g/mol. The maximum absolute atomic E-state index is 10.5. The molecule has 0 bridgehead atoms.